The van der Waals surface area contributed by atoms with Crippen LogP contribution in [0, 0.1) is 0 Å². The van der Waals surface area contributed by atoms with E-state index in [0.717, 1.165) is 38.1 Å². The third-order valence-corrected chi connectivity index (χ3v) is 3.90. The number of pyridine rings is 2. The maximum atomic E-state index is 6.41. The van der Waals surface area contributed by atoms with Gasteiger partial charge in [0.1, 0.15) is 0 Å². The molecule has 0 aliphatic carbocycles. The van der Waals surface area contributed by atoms with Gasteiger partial charge in [0, 0.05) is 22.5 Å². The van der Waals surface area contributed by atoms with E-state index in [-0.39, 0.29) is 0 Å². The number of hydrogen-bond acceptors (Lipinski definition) is 2. The maximum absolute atomic E-state index is 6.41. The van der Waals surface area contributed by atoms with Crippen LogP contribution in [0.15, 0.2) is 66.9 Å². The van der Waals surface area contributed by atoms with Gasteiger partial charge in [-0.15, -0.1) is 0 Å². The summed E-state index contributed by atoms with van der Waals surface area (Å²) in [6.07, 6.45) is 1.81. The molecule has 0 N–H and O–H groups in total. The number of aromatic nitrogens is 2. The van der Waals surface area contributed by atoms with Crippen LogP contribution in [0.5, 0.6) is 0 Å². The van der Waals surface area contributed by atoms with Gasteiger partial charge in [0.05, 0.1) is 21.7 Å². The van der Waals surface area contributed by atoms with Crippen molar-refractivity contribution in [1.82, 2.24) is 9.97 Å². The van der Waals surface area contributed by atoms with Crippen molar-refractivity contribution in [3.63, 3.8) is 0 Å². The molecule has 0 saturated carbocycles. The van der Waals surface area contributed by atoms with Gasteiger partial charge in [0.2, 0.25) is 0 Å². The van der Waals surface area contributed by atoms with Crippen LogP contribution in [0.4, 0.5) is 0 Å². The van der Waals surface area contributed by atoms with Crippen LogP contribution < -0.4 is 0 Å². The topological polar surface area (TPSA) is 25.8 Å². The average molecular weight is 291 g/mol. The van der Waals surface area contributed by atoms with Gasteiger partial charge < -0.3 is 0 Å². The molecule has 0 aliphatic heterocycles. The average Bonchev–Trinajstić information content (AvgIpc) is 2.54. The summed E-state index contributed by atoms with van der Waals surface area (Å²) in [5.74, 6) is 0. The fourth-order valence-electron chi connectivity index (χ4n) is 2.59. The predicted molar refractivity (Wildman–Crippen MR) is 87.5 cm³/mol. The minimum absolute atomic E-state index is 0.719. The van der Waals surface area contributed by atoms with Crippen LogP contribution in [0.3, 0.4) is 0 Å². The Bertz CT molecular complexity index is 958. The van der Waals surface area contributed by atoms with Crippen molar-refractivity contribution < 1.29 is 0 Å². The minimum atomic E-state index is 0.719. The third-order valence-electron chi connectivity index (χ3n) is 3.59. The van der Waals surface area contributed by atoms with Crippen LogP contribution in [-0.4, -0.2) is 9.97 Å². The van der Waals surface area contributed by atoms with E-state index in [2.05, 4.69) is 11.1 Å². The van der Waals surface area contributed by atoms with E-state index < -0.39 is 0 Å². The highest BCUT2D eigenvalue weighted by Gasteiger charge is 2.09. The second-order valence-electron chi connectivity index (χ2n) is 4.88. The van der Waals surface area contributed by atoms with E-state index in [9.17, 15) is 0 Å². The number of benzene rings is 2. The predicted octanol–water partition coefficient (Wildman–Crippen LogP) is 5.10. The molecule has 2 aromatic carbocycles. The van der Waals surface area contributed by atoms with Crippen molar-refractivity contribution in [2.45, 2.75) is 0 Å². The van der Waals surface area contributed by atoms with Crippen molar-refractivity contribution in [1.29, 1.82) is 0 Å². The normalized spacial score (nSPS) is 11.1. The molecule has 2 heterocycles. The fraction of sp³-hybridized carbons (Fsp3) is 0. The van der Waals surface area contributed by atoms with Crippen molar-refractivity contribution in [3.8, 4) is 11.3 Å². The molecule has 2 aromatic heterocycles. The van der Waals surface area contributed by atoms with E-state index in [0.29, 0.717) is 0 Å². The Labute approximate surface area is 127 Å². The maximum Gasteiger partial charge on any atom is 0.0731 e. The van der Waals surface area contributed by atoms with Crippen molar-refractivity contribution in [3.05, 3.63) is 71.9 Å². The minimum Gasteiger partial charge on any atom is -0.256 e. The lowest BCUT2D eigenvalue weighted by Crippen LogP contribution is -1.89. The molecule has 0 unspecified atom stereocenters. The molecular formula is C18H11ClN2. The Hall–Kier alpha value is -2.45. The molecule has 0 fully saturated rings. The van der Waals surface area contributed by atoms with Crippen molar-refractivity contribution in [2.24, 2.45) is 0 Å². The van der Waals surface area contributed by atoms with Gasteiger partial charge in [0.15, 0.2) is 0 Å². The largest absolute Gasteiger partial charge is 0.256 e. The number of hydrogen-bond donors (Lipinski definition) is 0. The first-order valence-electron chi connectivity index (χ1n) is 6.72. The van der Waals surface area contributed by atoms with E-state index in [1.54, 1.807) is 0 Å². The van der Waals surface area contributed by atoms with E-state index >= 15 is 0 Å². The molecule has 21 heavy (non-hydrogen) atoms. The lowest BCUT2D eigenvalue weighted by Gasteiger charge is -2.08. The summed E-state index contributed by atoms with van der Waals surface area (Å²) in [6.45, 7) is 0. The number of halogens is 1. The fourth-order valence-corrected chi connectivity index (χ4v) is 2.85. The smallest absolute Gasteiger partial charge is 0.0731 e. The Balaban J connectivity index is 2.05. The monoisotopic (exact) mass is 290 g/mol. The lowest BCUT2D eigenvalue weighted by molar-refractivity contribution is 1.37. The molecule has 0 atom stereocenters. The number of para-hydroxylation sites is 2. The van der Waals surface area contributed by atoms with Gasteiger partial charge >= 0.3 is 0 Å². The van der Waals surface area contributed by atoms with E-state index in [4.69, 9.17) is 16.6 Å². The van der Waals surface area contributed by atoms with E-state index in [1.807, 2.05) is 60.8 Å². The molecule has 0 radical (unpaired) electrons. The Kier molecular flexibility index (Phi) is 2.83. The molecule has 0 amide bonds. The van der Waals surface area contributed by atoms with Gasteiger partial charge in [-0.2, -0.15) is 0 Å². The molecule has 0 bridgehead atoms. The van der Waals surface area contributed by atoms with Crippen LogP contribution in [0.1, 0.15) is 0 Å². The standard InChI is InChI=1S/C18H11ClN2/c19-15-11-18(21-17-8-4-2-6-14(15)17)13-9-10-20-16-7-3-1-5-12(13)16/h1-11H. The van der Waals surface area contributed by atoms with Crippen LogP contribution >= 0.6 is 11.6 Å². The number of rotatable bonds is 1. The molecule has 3 heteroatoms. The van der Waals surface area contributed by atoms with Gasteiger partial charge in [-0.1, -0.05) is 48.0 Å². The SMILES string of the molecule is Clc1cc(-c2ccnc3ccccc23)nc2ccccc12. The molecular weight excluding hydrogens is 280 g/mol. The molecule has 4 rings (SSSR count). The quantitative estimate of drug-likeness (QED) is 0.487. The van der Waals surface area contributed by atoms with Crippen LogP contribution in [0.2, 0.25) is 5.02 Å². The van der Waals surface area contributed by atoms with Gasteiger partial charge in [-0.3, -0.25) is 4.98 Å². The first kappa shape index (κ1) is 12.3. The Morgan fingerprint density at radius 1 is 0.762 bits per heavy atom. The Morgan fingerprint density at radius 3 is 2.33 bits per heavy atom. The number of nitrogens with zero attached hydrogens (tertiary/aromatic N) is 2. The van der Waals surface area contributed by atoms with Gasteiger partial charge in [-0.25, -0.2) is 4.98 Å². The summed E-state index contributed by atoms with van der Waals surface area (Å²) in [4.78, 5) is 9.14. The lowest BCUT2D eigenvalue weighted by atomic mass is 10.0. The summed E-state index contributed by atoms with van der Waals surface area (Å²) in [5.41, 5.74) is 3.78. The first-order valence-corrected chi connectivity index (χ1v) is 7.10. The number of fused-ring (bicyclic) bond motifs is 2. The van der Waals surface area contributed by atoms with E-state index in [1.165, 1.54) is 0 Å². The molecule has 0 saturated heterocycles. The highest BCUT2D eigenvalue weighted by atomic mass is 35.5. The molecule has 100 valence electrons. The molecule has 0 aliphatic rings. The summed E-state index contributed by atoms with van der Waals surface area (Å²) in [6, 6.07) is 19.9. The second-order valence-corrected chi connectivity index (χ2v) is 5.29. The molecule has 0 spiro atoms. The zero-order chi connectivity index (χ0) is 14.2. The van der Waals surface area contributed by atoms with Gasteiger partial charge in [-0.05, 0) is 24.3 Å². The molecule has 2 nitrogen and oxygen atoms in total. The summed E-state index contributed by atoms with van der Waals surface area (Å²) >= 11 is 6.41. The summed E-state index contributed by atoms with van der Waals surface area (Å²) in [5, 5.41) is 2.77. The van der Waals surface area contributed by atoms with Crippen LogP contribution in [0.25, 0.3) is 33.1 Å². The summed E-state index contributed by atoms with van der Waals surface area (Å²) < 4.78 is 0. The zero-order valence-electron chi connectivity index (χ0n) is 11.1. The summed E-state index contributed by atoms with van der Waals surface area (Å²) in [7, 11) is 0. The zero-order valence-corrected chi connectivity index (χ0v) is 11.9. The highest BCUT2D eigenvalue weighted by Crippen LogP contribution is 2.31. The Morgan fingerprint density at radius 2 is 1.48 bits per heavy atom. The van der Waals surface area contributed by atoms with Crippen molar-refractivity contribution >= 4 is 33.4 Å². The first-order chi connectivity index (χ1) is 10.3. The van der Waals surface area contributed by atoms with Crippen molar-refractivity contribution in [2.75, 3.05) is 0 Å². The highest BCUT2D eigenvalue weighted by molar-refractivity contribution is 6.35. The third kappa shape index (κ3) is 2.05. The van der Waals surface area contributed by atoms with Crippen LogP contribution in [-0.2, 0) is 0 Å². The van der Waals surface area contributed by atoms with Gasteiger partial charge in [0.25, 0.3) is 0 Å². The second kappa shape index (κ2) is 4.83. The molecule has 4 aromatic rings.